The number of fused-ring (bicyclic) bond motifs is 3. The maximum atomic E-state index is 14.2. The van der Waals surface area contributed by atoms with Gasteiger partial charge < -0.3 is 20.1 Å². The van der Waals surface area contributed by atoms with Crippen LogP contribution in [0, 0.1) is 5.82 Å². The van der Waals surface area contributed by atoms with Gasteiger partial charge in [-0.3, -0.25) is 4.90 Å². The molecule has 0 spiro atoms. The second-order valence-corrected chi connectivity index (χ2v) is 6.90. The molecule has 1 saturated heterocycles. The topological polar surface area (TPSA) is 79.4 Å². The molecule has 0 aromatic heterocycles. The van der Waals surface area contributed by atoms with Gasteiger partial charge in [-0.05, 0) is 37.3 Å². The first-order chi connectivity index (χ1) is 14.7. The lowest BCUT2D eigenvalue weighted by atomic mass is 10.2. The minimum Gasteiger partial charge on any atom is -0.471 e. The number of allylic oxidation sites excluding steroid dienone is 1. The Morgan fingerprint density at radius 3 is 2.84 bits per heavy atom. The van der Waals surface area contributed by atoms with E-state index in [9.17, 15) is 17.6 Å². The second kappa shape index (κ2) is 6.67. The molecule has 2 aromatic carbocycles. The Kier molecular flexibility index (Phi) is 4.15. The molecule has 0 amide bonds. The highest BCUT2D eigenvalue weighted by molar-refractivity contribution is 5.85. The van der Waals surface area contributed by atoms with Gasteiger partial charge >= 0.3 is 12.3 Å². The molecule has 162 valence electrons. The predicted molar refractivity (Wildman–Crippen MR) is 103 cm³/mol. The van der Waals surface area contributed by atoms with Crippen molar-refractivity contribution in [3.8, 4) is 11.5 Å². The van der Waals surface area contributed by atoms with Crippen LogP contribution in [-0.4, -0.2) is 25.3 Å². The van der Waals surface area contributed by atoms with Crippen LogP contribution in [0.5, 0.6) is 11.5 Å². The van der Waals surface area contributed by atoms with Crippen molar-refractivity contribution < 1.29 is 31.9 Å². The molecule has 3 heterocycles. The van der Waals surface area contributed by atoms with Gasteiger partial charge in [0.05, 0.1) is 11.4 Å². The van der Waals surface area contributed by atoms with Gasteiger partial charge in [0.1, 0.15) is 11.6 Å². The number of hydroxylamine groups is 1. The molecule has 12 heteroatoms. The molecule has 8 nitrogen and oxygen atoms in total. The smallest absolute Gasteiger partial charge is 0.471 e. The van der Waals surface area contributed by atoms with Crippen molar-refractivity contribution >= 4 is 23.3 Å². The predicted octanol–water partition coefficient (Wildman–Crippen LogP) is 3.87. The van der Waals surface area contributed by atoms with Gasteiger partial charge in [0.25, 0.3) is 0 Å². The molecule has 1 unspecified atom stereocenters. The standard InChI is InChI=1S/C19H15F4N5O3/c1-10-8-25-19(26-11-2-4-15(13(20)6-11)30-18(21,22)23)28(17(10)27-31-19)12-3-5-16-14(7-12)24-9-29-16/h2-8,24,26-27H,9H2,1H3. The molecule has 3 aliphatic heterocycles. The molecule has 3 aliphatic rings. The maximum absolute atomic E-state index is 14.2. The van der Waals surface area contributed by atoms with Crippen LogP contribution in [0.3, 0.4) is 0 Å². The molecule has 0 saturated carbocycles. The minimum absolute atomic E-state index is 0.124. The number of alkyl halides is 3. The van der Waals surface area contributed by atoms with Crippen LogP contribution in [0.15, 0.2) is 52.8 Å². The first kappa shape index (κ1) is 19.3. The summed E-state index contributed by atoms with van der Waals surface area (Å²) >= 11 is 0. The summed E-state index contributed by atoms with van der Waals surface area (Å²) in [5.41, 5.74) is 5.16. The van der Waals surface area contributed by atoms with Crippen LogP contribution in [0.4, 0.5) is 34.6 Å². The van der Waals surface area contributed by atoms with Gasteiger partial charge in [-0.1, -0.05) is 0 Å². The fraction of sp³-hybridized carbons (Fsp3) is 0.211. The van der Waals surface area contributed by atoms with E-state index in [4.69, 9.17) is 9.57 Å². The molecule has 0 radical (unpaired) electrons. The van der Waals surface area contributed by atoms with Crippen LogP contribution in [0.1, 0.15) is 6.92 Å². The van der Waals surface area contributed by atoms with E-state index in [0.717, 1.165) is 23.4 Å². The summed E-state index contributed by atoms with van der Waals surface area (Å²) in [5, 5.41) is 6.03. The van der Waals surface area contributed by atoms with Crippen molar-refractivity contribution in [2.24, 2.45) is 4.99 Å². The van der Waals surface area contributed by atoms with Crippen LogP contribution >= 0.6 is 0 Å². The monoisotopic (exact) mass is 437 g/mol. The molecule has 0 aliphatic carbocycles. The lowest BCUT2D eigenvalue weighted by molar-refractivity contribution is -0.275. The number of hydrogen-bond donors (Lipinski definition) is 3. The number of benzene rings is 2. The third-order valence-electron chi connectivity index (χ3n) is 4.80. The molecule has 2 aromatic rings. The molecule has 1 atom stereocenters. The van der Waals surface area contributed by atoms with E-state index in [2.05, 4.69) is 25.8 Å². The quantitative estimate of drug-likeness (QED) is 0.627. The number of nitrogens with one attached hydrogen (secondary N) is 3. The highest BCUT2D eigenvalue weighted by atomic mass is 19.4. The summed E-state index contributed by atoms with van der Waals surface area (Å²) < 4.78 is 60.5. The van der Waals surface area contributed by atoms with E-state index in [1.54, 1.807) is 23.2 Å². The summed E-state index contributed by atoms with van der Waals surface area (Å²) in [6, 6.07) is 8.40. The lowest BCUT2D eigenvalue weighted by Gasteiger charge is -2.36. The van der Waals surface area contributed by atoms with Crippen molar-refractivity contribution in [2.45, 2.75) is 19.3 Å². The zero-order valence-corrected chi connectivity index (χ0v) is 15.9. The lowest BCUT2D eigenvalue weighted by Crippen LogP contribution is -2.51. The maximum Gasteiger partial charge on any atom is 0.573 e. The third kappa shape index (κ3) is 3.34. The Bertz CT molecular complexity index is 1120. The van der Waals surface area contributed by atoms with Gasteiger partial charge in [-0.15, -0.1) is 13.2 Å². The number of ether oxygens (including phenoxy) is 2. The van der Waals surface area contributed by atoms with E-state index in [0.29, 0.717) is 24.0 Å². The minimum atomic E-state index is -5.00. The average molecular weight is 437 g/mol. The van der Waals surface area contributed by atoms with E-state index in [1.807, 2.05) is 13.0 Å². The number of aliphatic imine (C=N–C) groups is 1. The van der Waals surface area contributed by atoms with Gasteiger partial charge in [0, 0.05) is 23.5 Å². The van der Waals surface area contributed by atoms with Crippen molar-refractivity contribution in [1.82, 2.24) is 5.48 Å². The van der Waals surface area contributed by atoms with Crippen LogP contribution in [-0.2, 0) is 4.84 Å². The number of hydrogen-bond acceptors (Lipinski definition) is 8. The molecular weight excluding hydrogens is 422 g/mol. The molecule has 1 fully saturated rings. The van der Waals surface area contributed by atoms with Crippen LogP contribution in [0.25, 0.3) is 0 Å². The van der Waals surface area contributed by atoms with Crippen molar-refractivity contribution in [1.29, 1.82) is 0 Å². The summed E-state index contributed by atoms with van der Waals surface area (Å²) in [7, 11) is 0. The summed E-state index contributed by atoms with van der Waals surface area (Å²) in [6.45, 7) is 2.18. The van der Waals surface area contributed by atoms with E-state index >= 15 is 0 Å². The Balaban J connectivity index is 1.49. The van der Waals surface area contributed by atoms with E-state index < -0.39 is 23.9 Å². The first-order valence-electron chi connectivity index (χ1n) is 9.09. The SMILES string of the molecule is CC1=C2NOC(Nc3ccc(OC(F)(F)F)c(F)c3)(N=C1)N2c1ccc2c(c1)NCO2. The Morgan fingerprint density at radius 2 is 2.06 bits per heavy atom. The van der Waals surface area contributed by atoms with Gasteiger partial charge in [0.2, 0.25) is 0 Å². The fourth-order valence-electron chi connectivity index (χ4n) is 3.45. The number of nitrogens with zero attached hydrogens (tertiary/aromatic N) is 2. The molecule has 5 rings (SSSR count). The van der Waals surface area contributed by atoms with Crippen LogP contribution in [0.2, 0.25) is 0 Å². The number of rotatable bonds is 4. The molecule has 31 heavy (non-hydrogen) atoms. The number of halogens is 4. The van der Waals surface area contributed by atoms with Gasteiger partial charge in [0.15, 0.2) is 18.3 Å². The van der Waals surface area contributed by atoms with Gasteiger partial charge in [-0.2, -0.15) is 0 Å². The third-order valence-corrected chi connectivity index (χ3v) is 4.80. The highest BCUT2D eigenvalue weighted by Gasteiger charge is 2.49. The molecule has 2 bridgehead atoms. The van der Waals surface area contributed by atoms with E-state index in [1.165, 1.54) is 6.07 Å². The Labute approximate surface area is 173 Å². The zero-order chi connectivity index (χ0) is 21.8. The summed E-state index contributed by atoms with van der Waals surface area (Å²) in [5.74, 6) is -2.38. The average Bonchev–Trinajstić information content (AvgIpc) is 3.28. The first-order valence-corrected chi connectivity index (χ1v) is 9.09. The normalized spacial score (nSPS) is 21.4. The van der Waals surface area contributed by atoms with Crippen LogP contribution < -0.4 is 30.5 Å². The Morgan fingerprint density at radius 1 is 1.23 bits per heavy atom. The largest absolute Gasteiger partial charge is 0.573 e. The fourth-order valence-corrected chi connectivity index (χ4v) is 3.45. The highest BCUT2D eigenvalue weighted by Crippen LogP contribution is 2.42. The van der Waals surface area contributed by atoms with Crippen molar-refractivity contribution in [3.63, 3.8) is 0 Å². The number of anilines is 3. The van der Waals surface area contributed by atoms with E-state index in [-0.39, 0.29) is 5.69 Å². The second-order valence-electron chi connectivity index (χ2n) is 6.90. The Hall–Kier alpha value is -3.67. The van der Waals surface area contributed by atoms with Gasteiger partial charge in [-0.25, -0.2) is 19.7 Å². The summed E-state index contributed by atoms with van der Waals surface area (Å²) in [4.78, 5) is 11.8. The molecule has 3 N–H and O–H groups in total. The van der Waals surface area contributed by atoms with Crippen molar-refractivity contribution in [3.05, 3.63) is 53.6 Å². The summed E-state index contributed by atoms with van der Waals surface area (Å²) in [6.07, 6.45) is -3.43. The van der Waals surface area contributed by atoms with Crippen molar-refractivity contribution in [2.75, 3.05) is 22.3 Å². The molecular formula is C19H15F4N5O3. The zero-order valence-electron chi connectivity index (χ0n) is 15.9.